The zero-order valence-corrected chi connectivity index (χ0v) is 7.79. The minimum atomic E-state index is 0.545. The largest absolute Gasteiger partial charge is 0.495 e. The van der Waals surface area contributed by atoms with Crippen molar-refractivity contribution < 1.29 is 4.74 Å². The molecule has 0 fully saturated rings. The molecule has 0 saturated heterocycles. The highest BCUT2D eigenvalue weighted by atomic mass is 16.5. The molecule has 0 amide bonds. The molecule has 1 aromatic carbocycles. The van der Waals surface area contributed by atoms with Crippen molar-refractivity contribution >= 4 is 6.08 Å². The van der Waals surface area contributed by atoms with Crippen LogP contribution in [0.2, 0.25) is 0 Å². The van der Waals surface area contributed by atoms with E-state index in [1.54, 1.807) is 13.2 Å². The fourth-order valence-electron chi connectivity index (χ4n) is 1.22. The Bertz CT molecular complexity index is 374. The molecule has 2 nitrogen and oxygen atoms in total. The first kappa shape index (κ1) is 9.34. The number of nitriles is 1. The molecule has 66 valence electrons. The van der Waals surface area contributed by atoms with Crippen LogP contribution >= 0.6 is 0 Å². The van der Waals surface area contributed by atoms with E-state index in [0.29, 0.717) is 11.3 Å². The lowest BCUT2D eigenvalue weighted by molar-refractivity contribution is 0.413. The number of hydrogen-bond acceptors (Lipinski definition) is 2. The van der Waals surface area contributed by atoms with Crippen LogP contribution in [0.4, 0.5) is 0 Å². The van der Waals surface area contributed by atoms with Crippen LogP contribution in [0.1, 0.15) is 16.7 Å². The minimum absolute atomic E-state index is 0.545. The average Bonchev–Trinajstić information content (AvgIpc) is 2.16. The van der Waals surface area contributed by atoms with Crippen LogP contribution < -0.4 is 4.74 Å². The van der Waals surface area contributed by atoms with Crippen molar-refractivity contribution in [2.45, 2.75) is 6.92 Å². The van der Waals surface area contributed by atoms with Crippen molar-refractivity contribution in [3.8, 4) is 11.8 Å². The lowest BCUT2D eigenvalue weighted by atomic mass is 10.0. The molecule has 13 heavy (non-hydrogen) atoms. The van der Waals surface area contributed by atoms with Crippen LogP contribution in [0.25, 0.3) is 6.08 Å². The zero-order valence-electron chi connectivity index (χ0n) is 7.79. The molecule has 0 saturated carbocycles. The summed E-state index contributed by atoms with van der Waals surface area (Å²) in [6, 6.07) is 5.85. The first-order valence-corrected chi connectivity index (χ1v) is 3.94. The minimum Gasteiger partial charge on any atom is -0.495 e. The van der Waals surface area contributed by atoms with Crippen LogP contribution in [0.15, 0.2) is 18.7 Å². The van der Waals surface area contributed by atoms with Crippen LogP contribution in [-0.2, 0) is 0 Å². The molecular formula is C11H11NO. The Morgan fingerprint density at radius 3 is 2.69 bits per heavy atom. The number of ether oxygens (including phenoxy) is 1. The van der Waals surface area contributed by atoms with Gasteiger partial charge in [-0.3, -0.25) is 0 Å². The number of hydrogen-bond donors (Lipinski definition) is 0. The Hall–Kier alpha value is -1.75. The molecule has 1 rings (SSSR count). The summed E-state index contributed by atoms with van der Waals surface area (Å²) >= 11 is 0. The van der Waals surface area contributed by atoms with Crippen LogP contribution in [0, 0.1) is 18.3 Å². The highest BCUT2D eigenvalue weighted by molar-refractivity contribution is 5.63. The van der Waals surface area contributed by atoms with Gasteiger partial charge in [0.2, 0.25) is 0 Å². The van der Waals surface area contributed by atoms with Gasteiger partial charge in [0.1, 0.15) is 17.4 Å². The van der Waals surface area contributed by atoms with Crippen molar-refractivity contribution in [1.82, 2.24) is 0 Å². The molecule has 0 aromatic heterocycles. The van der Waals surface area contributed by atoms with E-state index < -0.39 is 0 Å². The molecule has 0 N–H and O–H groups in total. The molecular weight excluding hydrogens is 162 g/mol. The number of methoxy groups -OCH3 is 1. The second kappa shape index (κ2) is 3.77. The molecule has 0 aliphatic carbocycles. The van der Waals surface area contributed by atoms with Gasteiger partial charge in [0.15, 0.2) is 0 Å². The second-order valence-corrected chi connectivity index (χ2v) is 2.75. The van der Waals surface area contributed by atoms with Crippen molar-refractivity contribution in [1.29, 1.82) is 5.26 Å². The predicted octanol–water partition coefficient (Wildman–Crippen LogP) is 2.52. The van der Waals surface area contributed by atoms with Gasteiger partial charge in [-0.2, -0.15) is 5.26 Å². The summed E-state index contributed by atoms with van der Waals surface area (Å²) in [6.45, 7) is 5.60. The fraction of sp³-hybridized carbons (Fsp3) is 0.182. The van der Waals surface area contributed by atoms with Crippen molar-refractivity contribution in [2.24, 2.45) is 0 Å². The second-order valence-electron chi connectivity index (χ2n) is 2.75. The van der Waals surface area contributed by atoms with Crippen LogP contribution in [0.5, 0.6) is 5.75 Å². The molecule has 0 radical (unpaired) electrons. The van der Waals surface area contributed by atoms with Gasteiger partial charge in [-0.05, 0) is 24.1 Å². The molecule has 0 bridgehead atoms. The topological polar surface area (TPSA) is 33.0 Å². The number of benzene rings is 1. The highest BCUT2D eigenvalue weighted by Gasteiger charge is 2.06. The third kappa shape index (κ3) is 1.70. The van der Waals surface area contributed by atoms with E-state index in [-0.39, 0.29) is 0 Å². The normalized spacial score (nSPS) is 9.00. The van der Waals surface area contributed by atoms with E-state index in [1.807, 2.05) is 19.1 Å². The van der Waals surface area contributed by atoms with E-state index in [9.17, 15) is 0 Å². The summed E-state index contributed by atoms with van der Waals surface area (Å²) in [5, 5.41) is 8.87. The first-order chi connectivity index (χ1) is 6.22. The van der Waals surface area contributed by atoms with Gasteiger partial charge >= 0.3 is 0 Å². The van der Waals surface area contributed by atoms with Gasteiger partial charge in [-0.25, -0.2) is 0 Å². The Kier molecular flexibility index (Phi) is 2.71. The Labute approximate surface area is 78.1 Å². The smallest absolute Gasteiger partial charge is 0.137 e. The van der Waals surface area contributed by atoms with Crippen LogP contribution in [-0.4, -0.2) is 7.11 Å². The van der Waals surface area contributed by atoms with Crippen molar-refractivity contribution in [3.05, 3.63) is 35.4 Å². The molecule has 0 heterocycles. The van der Waals surface area contributed by atoms with Crippen molar-refractivity contribution in [3.63, 3.8) is 0 Å². The third-order valence-corrected chi connectivity index (χ3v) is 1.83. The lowest BCUT2D eigenvalue weighted by Crippen LogP contribution is -1.92. The fourth-order valence-corrected chi connectivity index (χ4v) is 1.22. The van der Waals surface area contributed by atoms with E-state index in [0.717, 1.165) is 11.1 Å². The summed E-state index contributed by atoms with van der Waals surface area (Å²) < 4.78 is 5.09. The maximum absolute atomic E-state index is 8.87. The molecule has 0 aliphatic heterocycles. The number of rotatable bonds is 2. The maximum Gasteiger partial charge on any atom is 0.137 e. The van der Waals surface area contributed by atoms with E-state index in [1.165, 1.54) is 0 Å². The van der Waals surface area contributed by atoms with Gasteiger partial charge in [-0.15, -0.1) is 0 Å². The molecule has 0 spiro atoms. The lowest BCUT2D eigenvalue weighted by Gasteiger charge is -2.06. The third-order valence-electron chi connectivity index (χ3n) is 1.83. The summed E-state index contributed by atoms with van der Waals surface area (Å²) in [4.78, 5) is 0. The number of aryl methyl sites for hydroxylation is 1. The van der Waals surface area contributed by atoms with Gasteiger partial charge in [0.05, 0.1) is 7.11 Å². The molecule has 1 aromatic rings. The first-order valence-electron chi connectivity index (χ1n) is 3.94. The molecule has 0 atom stereocenters. The Morgan fingerprint density at radius 2 is 2.23 bits per heavy atom. The van der Waals surface area contributed by atoms with Gasteiger partial charge in [0, 0.05) is 0 Å². The summed E-state index contributed by atoms with van der Waals surface area (Å²) in [6.07, 6.45) is 1.66. The standard InChI is InChI=1S/C11H11NO/c1-4-9-5-8(2)6-11(13-3)10(9)7-12/h4-6H,1H2,2-3H3. The van der Waals surface area contributed by atoms with Crippen LogP contribution in [0.3, 0.4) is 0 Å². The monoisotopic (exact) mass is 173 g/mol. The zero-order chi connectivity index (χ0) is 9.84. The summed E-state index contributed by atoms with van der Waals surface area (Å²) in [5.41, 5.74) is 2.42. The van der Waals surface area contributed by atoms with Gasteiger partial charge < -0.3 is 4.74 Å². The Morgan fingerprint density at radius 1 is 1.54 bits per heavy atom. The van der Waals surface area contributed by atoms with Gasteiger partial charge in [-0.1, -0.05) is 18.7 Å². The van der Waals surface area contributed by atoms with E-state index in [2.05, 4.69) is 12.6 Å². The molecule has 2 heteroatoms. The molecule has 0 aliphatic rings. The maximum atomic E-state index is 8.87. The average molecular weight is 173 g/mol. The summed E-state index contributed by atoms with van der Waals surface area (Å²) in [5.74, 6) is 0.609. The number of nitrogens with zero attached hydrogens (tertiary/aromatic N) is 1. The van der Waals surface area contributed by atoms with Crippen molar-refractivity contribution in [2.75, 3.05) is 7.11 Å². The SMILES string of the molecule is C=Cc1cc(C)cc(OC)c1C#N. The van der Waals surface area contributed by atoms with E-state index in [4.69, 9.17) is 10.00 Å². The Balaban J connectivity index is 3.44. The predicted molar refractivity (Wildman–Crippen MR) is 52.5 cm³/mol. The van der Waals surface area contributed by atoms with E-state index >= 15 is 0 Å². The highest BCUT2D eigenvalue weighted by Crippen LogP contribution is 2.24. The molecule has 0 unspecified atom stereocenters. The van der Waals surface area contributed by atoms with Gasteiger partial charge in [0.25, 0.3) is 0 Å². The summed E-state index contributed by atoms with van der Waals surface area (Å²) in [7, 11) is 1.56. The quantitative estimate of drug-likeness (QED) is 0.688.